The van der Waals surface area contributed by atoms with Crippen molar-refractivity contribution in [3.05, 3.63) is 34.9 Å². The van der Waals surface area contributed by atoms with Gasteiger partial charge in [-0.15, -0.1) is 0 Å². The summed E-state index contributed by atoms with van der Waals surface area (Å²) in [5, 5.41) is 7.14. The van der Waals surface area contributed by atoms with E-state index in [9.17, 15) is 0 Å². The molecule has 2 nitrogen and oxygen atoms in total. The molecule has 1 heterocycles. The molecule has 1 aliphatic carbocycles. The Morgan fingerprint density at radius 2 is 1.94 bits per heavy atom. The van der Waals surface area contributed by atoms with Crippen molar-refractivity contribution >= 4 is 0 Å². The second kappa shape index (κ2) is 4.43. The van der Waals surface area contributed by atoms with E-state index < -0.39 is 0 Å². The van der Waals surface area contributed by atoms with E-state index in [4.69, 9.17) is 0 Å². The standard InChI is InChI=1S/C15H22N2/c1-15(6-2-3-7-15)17-9-12-4-5-13-10-16-11-14(13)8-12/h4-5,8,16-17H,2-3,6-7,9-11H2,1H3. The highest BCUT2D eigenvalue weighted by molar-refractivity contribution is 5.34. The van der Waals surface area contributed by atoms with E-state index in [-0.39, 0.29) is 0 Å². The van der Waals surface area contributed by atoms with Gasteiger partial charge in [-0.2, -0.15) is 0 Å². The van der Waals surface area contributed by atoms with Crippen LogP contribution >= 0.6 is 0 Å². The molecule has 0 bridgehead atoms. The van der Waals surface area contributed by atoms with Gasteiger partial charge < -0.3 is 10.6 Å². The maximum Gasteiger partial charge on any atom is 0.0212 e. The topological polar surface area (TPSA) is 24.1 Å². The third kappa shape index (κ3) is 2.38. The average Bonchev–Trinajstić information content (AvgIpc) is 2.95. The fourth-order valence-electron chi connectivity index (χ4n) is 3.11. The van der Waals surface area contributed by atoms with Gasteiger partial charge in [0.25, 0.3) is 0 Å². The van der Waals surface area contributed by atoms with Crippen LogP contribution in [-0.4, -0.2) is 5.54 Å². The van der Waals surface area contributed by atoms with Gasteiger partial charge >= 0.3 is 0 Å². The molecule has 1 aromatic rings. The van der Waals surface area contributed by atoms with Crippen LogP contribution < -0.4 is 10.6 Å². The second-order valence-corrected chi connectivity index (χ2v) is 5.83. The van der Waals surface area contributed by atoms with Gasteiger partial charge in [-0.05, 0) is 36.5 Å². The normalized spacial score (nSPS) is 21.7. The lowest BCUT2D eigenvalue weighted by Gasteiger charge is -2.25. The quantitative estimate of drug-likeness (QED) is 0.834. The molecule has 2 aliphatic rings. The zero-order valence-electron chi connectivity index (χ0n) is 10.7. The van der Waals surface area contributed by atoms with Crippen LogP contribution in [0, 0.1) is 0 Å². The van der Waals surface area contributed by atoms with Crippen LogP contribution in [0.2, 0.25) is 0 Å². The van der Waals surface area contributed by atoms with Crippen LogP contribution in [0.4, 0.5) is 0 Å². The molecule has 0 amide bonds. The van der Waals surface area contributed by atoms with Gasteiger partial charge in [0.1, 0.15) is 0 Å². The molecule has 0 atom stereocenters. The summed E-state index contributed by atoms with van der Waals surface area (Å²) < 4.78 is 0. The highest BCUT2D eigenvalue weighted by Crippen LogP contribution is 2.29. The van der Waals surface area contributed by atoms with Gasteiger partial charge in [0.15, 0.2) is 0 Å². The summed E-state index contributed by atoms with van der Waals surface area (Å²) in [6.07, 6.45) is 5.44. The van der Waals surface area contributed by atoms with Crippen LogP contribution in [0.15, 0.2) is 18.2 Å². The Hall–Kier alpha value is -0.860. The average molecular weight is 230 g/mol. The summed E-state index contributed by atoms with van der Waals surface area (Å²) in [6.45, 7) is 5.47. The van der Waals surface area contributed by atoms with E-state index >= 15 is 0 Å². The third-order valence-electron chi connectivity index (χ3n) is 4.33. The minimum Gasteiger partial charge on any atom is -0.309 e. The number of hydrogen-bond donors (Lipinski definition) is 2. The molecular weight excluding hydrogens is 208 g/mol. The van der Waals surface area contributed by atoms with Crippen LogP contribution in [0.3, 0.4) is 0 Å². The summed E-state index contributed by atoms with van der Waals surface area (Å²) in [5.41, 5.74) is 4.78. The molecule has 0 aromatic heterocycles. The molecule has 1 fully saturated rings. The molecule has 92 valence electrons. The van der Waals surface area contributed by atoms with Gasteiger partial charge in [-0.1, -0.05) is 31.0 Å². The Labute approximate surface area is 104 Å². The molecule has 1 saturated carbocycles. The Bertz CT molecular complexity index is 405. The molecule has 0 saturated heterocycles. The lowest BCUT2D eigenvalue weighted by atomic mass is 9.99. The molecule has 1 aliphatic heterocycles. The van der Waals surface area contributed by atoms with Crippen molar-refractivity contribution in [2.24, 2.45) is 0 Å². The minimum atomic E-state index is 0.386. The van der Waals surface area contributed by atoms with E-state index in [1.165, 1.54) is 42.4 Å². The van der Waals surface area contributed by atoms with Crippen LogP contribution in [0.1, 0.15) is 49.3 Å². The first-order chi connectivity index (χ1) is 8.25. The Morgan fingerprint density at radius 1 is 1.18 bits per heavy atom. The second-order valence-electron chi connectivity index (χ2n) is 5.83. The van der Waals surface area contributed by atoms with E-state index in [1.54, 1.807) is 0 Å². The van der Waals surface area contributed by atoms with Crippen LogP contribution in [-0.2, 0) is 19.6 Å². The Balaban J connectivity index is 1.65. The molecule has 17 heavy (non-hydrogen) atoms. The first kappa shape index (κ1) is 11.2. The van der Waals surface area contributed by atoms with Crippen LogP contribution in [0.25, 0.3) is 0 Å². The summed E-state index contributed by atoms with van der Waals surface area (Å²) in [5.74, 6) is 0. The first-order valence-electron chi connectivity index (χ1n) is 6.82. The Morgan fingerprint density at radius 3 is 2.76 bits per heavy atom. The van der Waals surface area contributed by atoms with Crippen LogP contribution in [0.5, 0.6) is 0 Å². The molecule has 0 unspecified atom stereocenters. The lowest BCUT2D eigenvalue weighted by molar-refractivity contribution is 0.362. The van der Waals surface area contributed by atoms with Crippen molar-refractivity contribution in [2.45, 2.75) is 57.8 Å². The van der Waals surface area contributed by atoms with Gasteiger partial charge in [-0.25, -0.2) is 0 Å². The molecule has 0 radical (unpaired) electrons. The molecule has 0 spiro atoms. The molecule has 2 N–H and O–H groups in total. The molecule has 1 aromatic carbocycles. The van der Waals surface area contributed by atoms with Crippen molar-refractivity contribution in [3.63, 3.8) is 0 Å². The predicted octanol–water partition coefficient (Wildman–Crippen LogP) is 2.71. The highest BCUT2D eigenvalue weighted by atomic mass is 15.0. The monoisotopic (exact) mass is 230 g/mol. The number of fused-ring (bicyclic) bond motifs is 1. The van der Waals surface area contributed by atoms with Gasteiger partial charge in [0.05, 0.1) is 0 Å². The van der Waals surface area contributed by atoms with Crippen molar-refractivity contribution < 1.29 is 0 Å². The third-order valence-corrected chi connectivity index (χ3v) is 4.33. The number of benzene rings is 1. The zero-order chi connectivity index (χ0) is 11.7. The van der Waals surface area contributed by atoms with E-state index in [2.05, 4.69) is 35.8 Å². The van der Waals surface area contributed by atoms with Gasteiger partial charge in [-0.3, -0.25) is 0 Å². The first-order valence-corrected chi connectivity index (χ1v) is 6.82. The SMILES string of the molecule is CC1(NCc2ccc3c(c2)CNC3)CCCC1. The molecule has 3 rings (SSSR count). The number of rotatable bonds is 3. The summed E-state index contributed by atoms with van der Waals surface area (Å²) in [7, 11) is 0. The highest BCUT2D eigenvalue weighted by Gasteiger charge is 2.27. The Kier molecular flexibility index (Phi) is 2.93. The number of nitrogens with one attached hydrogen (secondary N) is 2. The number of hydrogen-bond acceptors (Lipinski definition) is 2. The maximum absolute atomic E-state index is 3.75. The fourth-order valence-corrected chi connectivity index (χ4v) is 3.11. The fraction of sp³-hybridized carbons (Fsp3) is 0.600. The smallest absolute Gasteiger partial charge is 0.0212 e. The summed E-state index contributed by atoms with van der Waals surface area (Å²) >= 11 is 0. The zero-order valence-corrected chi connectivity index (χ0v) is 10.7. The van der Waals surface area contributed by atoms with E-state index in [1.807, 2.05) is 0 Å². The van der Waals surface area contributed by atoms with Crippen molar-refractivity contribution in [1.82, 2.24) is 10.6 Å². The van der Waals surface area contributed by atoms with Gasteiger partial charge in [0.2, 0.25) is 0 Å². The summed E-state index contributed by atoms with van der Waals surface area (Å²) in [6, 6.07) is 6.92. The lowest BCUT2D eigenvalue weighted by Crippen LogP contribution is -2.38. The van der Waals surface area contributed by atoms with Crippen molar-refractivity contribution in [2.75, 3.05) is 0 Å². The minimum absolute atomic E-state index is 0.386. The van der Waals surface area contributed by atoms with Gasteiger partial charge in [0, 0.05) is 25.2 Å². The van der Waals surface area contributed by atoms with Crippen molar-refractivity contribution in [3.8, 4) is 0 Å². The van der Waals surface area contributed by atoms with Crippen molar-refractivity contribution in [1.29, 1.82) is 0 Å². The largest absolute Gasteiger partial charge is 0.309 e. The molecular formula is C15H22N2. The summed E-state index contributed by atoms with van der Waals surface area (Å²) in [4.78, 5) is 0. The maximum atomic E-state index is 3.75. The predicted molar refractivity (Wildman–Crippen MR) is 70.7 cm³/mol. The van der Waals surface area contributed by atoms with E-state index in [0.717, 1.165) is 19.6 Å². The van der Waals surface area contributed by atoms with E-state index in [0.29, 0.717) is 5.54 Å². The molecule has 2 heteroatoms.